The monoisotopic (exact) mass is 420 g/mol. The van der Waals surface area contributed by atoms with E-state index >= 15 is 0 Å². The molecule has 1 aliphatic heterocycles. The molecule has 0 saturated heterocycles. The number of nitrogens with zero attached hydrogens (tertiary/aromatic N) is 4. The fourth-order valence-corrected chi connectivity index (χ4v) is 4.83. The molecule has 4 heterocycles. The number of pyridine rings is 1. The maximum atomic E-state index is 13.7. The second kappa shape index (κ2) is 7.34. The molecule has 0 saturated carbocycles. The van der Waals surface area contributed by atoms with Crippen molar-refractivity contribution in [3.8, 4) is 0 Å². The molecule has 0 unspecified atom stereocenters. The van der Waals surface area contributed by atoms with Crippen LogP contribution in [0, 0.1) is 5.82 Å². The van der Waals surface area contributed by atoms with Crippen LogP contribution < -0.4 is 5.73 Å². The van der Waals surface area contributed by atoms with Crippen molar-refractivity contribution in [2.24, 2.45) is 5.73 Å². The largest absolute Gasteiger partial charge is 0.404 e. The molecule has 0 fully saturated rings. The van der Waals surface area contributed by atoms with Crippen LogP contribution in [0.2, 0.25) is 0 Å². The van der Waals surface area contributed by atoms with Crippen molar-refractivity contribution in [1.82, 2.24) is 24.8 Å². The lowest BCUT2D eigenvalue weighted by atomic mass is 10.0. The minimum atomic E-state index is -0.494. The zero-order valence-electron chi connectivity index (χ0n) is 15.7. The second-order valence-electron chi connectivity index (χ2n) is 6.88. The van der Waals surface area contributed by atoms with E-state index in [4.69, 9.17) is 5.73 Å². The maximum absolute atomic E-state index is 13.7. The van der Waals surface area contributed by atoms with Gasteiger partial charge in [0.05, 0.1) is 33.5 Å². The normalized spacial score (nSPS) is 16.6. The van der Waals surface area contributed by atoms with Crippen LogP contribution in [0.15, 0.2) is 55.1 Å². The molecule has 150 valence electrons. The van der Waals surface area contributed by atoms with E-state index in [-0.39, 0.29) is 11.7 Å². The molecule has 7 nitrogen and oxygen atoms in total. The number of hydrogen-bond donors (Lipinski definition) is 2. The molecule has 4 aromatic rings. The SMILES string of the molecule is NC=C(C(=O)N1CCc2[nH]cnc2[C@H]1c1nc2ccc(F)cc2s1)c1ccccn1. The van der Waals surface area contributed by atoms with Gasteiger partial charge in [0.2, 0.25) is 0 Å². The lowest BCUT2D eigenvalue weighted by molar-refractivity contribution is -0.127. The fourth-order valence-electron chi connectivity index (χ4n) is 3.72. The van der Waals surface area contributed by atoms with E-state index < -0.39 is 6.04 Å². The predicted octanol–water partition coefficient (Wildman–Crippen LogP) is 3.03. The van der Waals surface area contributed by atoms with Crippen molar-refractivity contribution in [2.75, 3.05) is 6.54 Å². The van der Waals surface area contributed by atoms with Crippen LogP contribution in [0.25, 0.3) is 15.8 Å². The van der Waals surface area contributed by atoms with Gasteiger partial charge in [0.1, 0.15) is 16.9 Å². The summed E-state index contributed by atoms with van der Waals surface area (Å²) >= 11 is 1.36. The number of nitrogens with one attached hydrogen (secondary N) is 1. The zero-order valence-corrected chi connectivity index (χ0v) is 16.6. The minimum absolute atomic E-state index is 0.250. The summed E-state index contributed by atoms with van der Waals surface area (Å²) in [5, 5.41) is 0.675. The van der Waals surface area contributed by atoms with Crippen LogP contribution in [0.5, 0.6) is 0 Å². The van der Waals surface area contributed by atoms with E-state index in [0.717, 1.165) is 16.1 Å². The van der Waals surface area contributed by atoms with Crippen LogP contribution in [0.1, 0.15) is 28.1 Å². The first-order valence-electron chi connectivity index (χ1n) is 9.38. The Hall–Kier alpha value is -3.59. The van der Waals surface area contributed by atoms with Crippen LogP contribution in [0.4, 0.5) is 4.39 Å². The van der Waals surface area contributed by atoms with Crippen molar-refractivity contribution in [3.63, 3.8) is 0 Å². The van der Waals surface area contributed by atoms with Gasteiger partial charge in [-0.1, -0.05) is 6.07 Å². The van der Waals surface area contributed by atoms with Gasteiger partial charge in [-0.25, -0.2) is 14.4 Å². The van der Waals surface area contributed by atoms with E-state index in [0.29, 0.717) is 34.8 Å². The van der Waals surface area contributed by atoms with Gasteiger partial charge in [0.15, 0.2) is 0 Å². The zero-order chi connectivity index (χ0) is 20.7. The molecule has 0 bridgehead atoms. The highest BCUT2D eigenvalue weighted by Gasteiger charge is 2.37. The Kier molecular flexibility index (Phi) is 4.51. The van der Waals surface area contributed by atoms with E-state index in [9.17, 15) is 9.18 Å². The Morgan fingerprint density at radius 1 is 1.30 bits per heavy atom. The molecule has 9 heteroatoms. The molecule has 1 aliphatic rings. The van der Waals surface area contributed by atoms with Crippen molar-refractivity contribution >= 4 is 33.0 Å². The number of amides is 1. The number of imidazole rings is 1. The molecule has 3 N–H and O–H groups in total. The van der Waals surface area contributed by atoms with E-state index in [1.807, 2.05) is 0 Å². The van der Waals surface area contributed by atoms with Crippen molar-refractivity contribution < 1.29 is 9.18 Å². The fraction of sp³-hybridized carbons (Fsp3) is 0.143. The van der Waals surface area contributed by atoms with Gasteiger partial charge < -0.3 is 15.6 Å². The number of benzene rings is 1. The summed E-state index contributed by atoms with van der Waals surface area (Å²) in [7, 11) is 0. The smallest absolute Gasteiger partial charge is 0.258 e. The Balaban J connectivity index is 1.60. The standard InChI is InChI=1S/C21H17FN6OS/c22-12-4-5-15-17(9-12)30-20(27-15)19-18-16(25-11-26-18)6-8-28(19)21(29)13(10-23)14-3-1-2-7-24-14/h1-5,7,9-11,19H,6,8,23H2,(H,25,26)/t19-/m0/s1. The van der Waals surface area contributed by atoms with Gasteiger partial charge in [0, 0.05) is 31.1 Å². The number of carbonyl (C=O) groups excluding carboxylic acids is 1. The number of rotatable bonds is 3. The third kappa shape index (κ3) is 3.03. The number of aromatic amines is 1. The van der Waals surface area contributed by atoms with Crippen LogP contribution >= 0.6 is 11.3 Å². The van der Waals surface area contributed by atoms with Crippen LogP contribution in [-0.2, 0) is 11.2 Å². The van der Waals surface area contributed by atoms with Crippen molar-refractivity contribution in [1.29, 1.82) is 0 Å². The highest BCUT2D eigenvalue weighted by Crippen LogP contribution is 2.38. The third-order valence-electron chi connectivity index (χ3n) is 5.12. The quantitative estimate of drug-likeness (QED) is 0.496. The van der Waals surface area contributed by atoms with Crippen LogP contribution in [0.3, 0.4) is 0 Å². The van der Waals surface area contributed by atoms with Crippen LogP contribution in [-0.4, -0.2) is 37.3 Å². The number of hydrogen-bond acceptors (Lipinski definition) is 6. The Labute approximate surface area is 175 Å². The number of nitrogens with two attached hydrogens (primary N) is 1. The predicted molar refractivity (Wildman–Crippen MR) is 112 cm³/mol. The molecule has 1 amide bonds. The first kappa shape index (κ1) is 18.4. The summed E-state index contributed by atoms with van der Waals surface area (Å²) < 4.78 is 14.4. The first-order chi connectivity index (χ1) is 14.7. The number of carbonyl (C=O) groups is 1. The van der Waals surface area contributed by atoms with Gasteiger partial charge in [-0.3, -0.25) is 9.78 Å². The van der Waals surface area contributed by atoms with Gasteiger partial charge in [-0.2, -0.15) is 0 Å². The number of halogens is 1. The molecule has 30 heavy (non-hydrogen) atoms. The first-order valence-corrected chi connectivity index (χ1v) is 10.2. The lowest BCUT2D eigenvalue weighted by Crippen LogP contribution is -2.41. The lowest BCUT2D eigenvalue weighted by Gasteiger charge is -2.34. The van der Waals surface area contributed by atoms with Crippen molar-refractivity contribution in [3.05, 3.63) is 83.0 Å². The van der Waals surface area contributed by atoms with Crippen molar-refractivity contribution in [2.45, 2.75) is 12.5 Å². The molecular weight excluding hydrogens is 403 g/mol. The number of thiazole rings is 1. The Morgan fingerprint density at radius 3 is 3.00 bits per heavy atom. The summed E-state index contributed by atoms with van der Waals surface area (Å²) in [4.78, 5) is 31.8. The van der Waals surface area contributed by atoms with Gasteiger partial charge in [0.25, 0.3) is 5.91 Å². The number of H-pyrrole nitrogens is 1. The molecule has 5 rings (SSSR count). The van der Waals surface area contributed by atoms with Gasteiger partial charge >= 0.3 is 0 Å². The maximum Gasteiger partial charge on any atom is 0.258 e. The molecule has 1 atom stereocenters. The van der Waals surface area contributed by atoms with E-state index in [1.54, 1.807) is 41.7 Å². The average Bonchev–Trinajstić information content (AvgIpc) is 3.40. The van der Waals surface area contributed by atoms with Gasteiger partial charge in [-0.15, -0.1) is 11.3 Å². The minimum Gasteiger partial charge on any atom is -0.404 e. The summed E-state index contributed by atoms with van der Waals surface area (Å²) in [5.41, 5.74) is 9.03. The Bertz CT molecular complexity index is 1260. The number of fused-ring (bicyclic) bond motifs is 2. The average molecular weight is 420 g/mol. The summed E-state index contributed by atoms with van der Waals surface area (Å²) in [5.74, 6) is -0.571. The molecule has 0 radical (unpaired) electrons. The molecular formula is C21H17FN6OS. The van der Waals surface area contributed by atoms with E-state index in [2.05, 4.69) is 19.9 Å². The highest BCUT2D eigenvalue weighted by molar-refractivity contribution is 7.18. The second-order valence-corrected chi connectivity index (χ2v) is 7.94. The number of aromatic nitrogens is 4. The topological polar surface area (TPSA) is 101 Å². The summed E-state index contributed by atoms with van der Waals surface area (Å²) in [6.07, 6.45) is 5.16. The molecule has 0 aliphatic carbocycles. The van der Waals surface area contributed by atoms with Gasteiger partial charge in [-0.05, 0) is 30.3 Å². The summed E-state index contributed by atoms with van der Waals surface area (Å²) in [6, 6.07) is 9.32. The highest BCUT2D eigenvalue weighted by atomic mass is 32.1. The summed E-state index contributed by atoms with van der Waals surface area (Å²) in [6.45, 7) is 0.465. The third-order valence-corrected chi connectivity index (χ3v) is 6.20. The van der Waals surface area contributed by atoms with E-state index in [1.165, 1.54) is 29.7 Å². The Morgan fingerprint density at radius 2 is 2.20 bits per heavy atom. The molecule has 3 aromatic heterocycles. The molecule has 1 aromatic carbocycles. The molecule has 0 spiro atoms.